The molecule has 1 amide bonds. The molecule has 1 N–H and O–H groups in total. The number of aromatic nitrogens is 1. The molecule has 1 atom stereocenters. The summed E-state index contributed by atoms with van der Waals surface area (Å²) in [5, 5.41) is 4.45. The number of hydrogen-bond acceptors (Lipinski definition) is 5. The lowest BCUT2D eigenvalue weighted by atomic mass is 9.95. The number of rotatable bonds is 6. The summed E-state index contributed by atoms with van der Waals surface area (Å²) in [5.41, 5.74) is 2.89. The van der Waals surface area contributed by atoms with Gasteiger partial charge in [0.2, 0.25) is 5.91 Å². The SMILES string of the molecule is CCOC(=O)c1c(NC(=O)C(CC)n2c(=O)cc(C)c3ccccc32)sc2c1CCCC2. The molecule has 4 rings (SSSR count). The van der Waals surface area contributed by atoms with E-state index in [2.05, 4.69) is 5.32 Å². The van der Waals surface area contributed by atoms with Gasteiger partial charge in [-0.25, -0.2) is 4.79 Å². The number of pyridine rings is 1. The number of benzene rings is 1. The number of aryl methyl sites for hydroxylation is 2. The quantitative estimate of drug-likeness (QED) is 0.533. The van der Waals surface area contributed by atoms with Gasteiger partial charge in [0.15, 0.2) is 0 Å². The van der Waals surface area contributed by atoms with Crippen molar-refractivity contribution in [3.63, 3.8) is 0 Å². The van der Waals surface area contributed by atoms with Crippen molar-refractivity contribution in [1.29, 1.82) is 0 Å². The van der Waals surface area contributed by atoms with Gasteiger partial charge in [-0.05, 0) is 63.1 Å². The van der Waals surface area contributed by atoms with Crippen LogP contribution in [0.2, 0.25) is 0 Å². The van der Waals surface area contributed by atoms with E-state index in [4.69, 9.17) is 4.74 Å². The molecule has 1 unspecified atom stereocenters. The molecule has 2 heterocycles. The summed E-state index contributed by atoms with van der Waals surface area (Å²) in [4.78, 5) is 40.3. The lowest BCUT2D eigenvalue weighted by Gasteiger charge is -2.21. The Morgan fingerprint density at radius 1 is 1.19 bits per heavy atom. The second-order valence-electron chi connectivity index (χ2n) is 8.10. The first-order valence-electron chi connectivity index (χ1n) is 11.2. The van der Waals surface area contributed by atoms with E-state index in [-0.39, 0.29) is 18.1 Å². The summed E-state index contributed by atoms with van der Waals surface area (Å²) in [6, 6.07) is 8.50. The number of amides is 1. The standard InChI is InChI=1S/C25H28N2O4S/c1-4-18(27-19-12-8-6-10-16(19)15(3)14-21(27)28)23(29)26-24-22(25(30)31-5-2)17-11-7-9-13-20(17)32-24/h6,8,10,12,14,18H,4-5,7,9,11,13H2,1-3H3,(H,26,29). The highest BCUT2D eigenvalue weighted by Crippen LogP contribution is 2.39. The minimum atomic E-state index is -0.692. The summed E-state index contributed by atoms with van der Waals surface area (Å²) >= 11 is 1.46. The Kier molecular flexibility index (Phi) is 6.46. The number of ether oxygens (including phenoxy) is 1. The summed E-state index contributed by atoms with van der Waals surface area (Å²) in [7, 11) is 0. The zero-order chi connectivity index (χ0) is 22.8. The van der Waals surface area contributed by atoms with Crippen LogP contribution in [0.15, 0.2) is 35.1 Å². The smallest absolute Gasteiger partial charge is 0.341 e. The number of fused-ring (bicyclic) bond motifs is 2. The maximum atomic E-state index is 13.5. The maximum absolute atomic E-state index is 13.5. The number of nitrogens with one attached hydrogen (secondary N) is 1. The average molecular weight is 453 g/mol. The van der Waals surface area contributed by atoms with Gasteiger partial charge in [-0.1, -0.05) is 25.1 Å². The van der Waals surface area contributed by atoms with Crippen LogP contribution in [0.3, 0.4) is 0 Å². The van der Waals surface area contributed by atoms with Crippen LogP contribution in [0.4, 0.5) is 5.00 Å². The monoisotopic (exact) mass is 452 g/mol. The molecule has 32 heavy (non-hydrogen) atoms. The van der Waals surface area contributed by atoms with E-state index in [1.54, 1.807) is 17.6 Å². The molecule has 0 saturated carbocycles. The molecule has 6 nitrogen and oxygen atoms in total. The Morgan fingerprint density at radius 3 is 2.69 bits per heavy atom. The first-order chi connectivity index (χ1) is 15.5. The van der Waals surface area contributed by atoms with Crippen LogP contribution >= 0.6 is 11.3 Å². The number of carbonyl (C=O) groups is 2. The zero-order valence-corrected chi connectivity index (χ0v) is 19.5. The van der Waals surface area contributed by atoms with Gasteiger partial charge in [-0.3, -0.25) is 14.2 Å². The number of carbonyl (C=O) groups excluding carboxylic acids is 2. The molecule has 1 aromatic carbocycles. The predicted octanol–water partition coefficient (Wildman–Crippen LogP) is 5.02. The normalized spacial score (nSPS) is 14.1. The van der Waals surface area contributed by atoms with Crippen molar-refractivity contribution in [2.75, 3.05) is 11.9 Å². The molecule has 1 aliphatic rings. The molecule has 0 spiro atoms. The number of para-hydroxylation sites is 1. The van der Waals surface area contributed by atoms with E-state index < -0.39 is 12.0 Å². The third-order valence-corrected chi connectivity index (χ3v) is 7.26. The first kappa shape index (κ1) is 22.3. The number of nitrogens with zero attached hydrogens (tertiary/aromatic N) is 1. The molecule has 3 aromatic rings. The molecule has 0 bridgehead atoms. The molecule has 168 valence electrons. The number of hydrogen-bond donors (Lipinski definition) is 1. The lowest BCUT2D eigenvalue weighted by molar-refractivity contribution is -0.119. The molecule has 0 saturated heterocycles. The van der Waals surface area contributed by atoms with E-state index in [9.17, 15) is 14.4 Å². The topological polar surface area (TPSA) is 77.4 Å². The molecule has 2 aromatic heterocycles. The fourth-order valence-corrected chi connectivity index (χ4v) is 5.82. The molecule has 7 heteroatoms. The van der Waals surface area contributed by atoms with Crippen LogP contribution in [-0.4, -0.2) is 23.1 Å². The second-order valence-corrected chi connectivity index (χ2v) is 9.21. The van der Waals surface area contributed by atoms with Crippen LogP contribution < -0.4 is 10.9 Å². The molecule has 0 aliphatic heterocycles. The fourth-order valence-electron chi connectivity index (χ4n) is 4.54. The van der Waals surface area contributed by atoms with E-state index in [1.165, 1.54) is 11.3 Å². The van der Waals surface area contributed by atoms with E-state index >= 15 is 0 Å². The summed E-state index contributed by atoms with van der Waals surface area (Å²) in [6.07, 6.45) is 4.26. The Hall–Kier alpha value is -2.93. The predicted molar refractivity (Wildman–Crippen MR) is 128 cm³/mol. The van der Waals surface area contributed by atoms with Crippen molar-refractivity contribution in [3.8, 4) is 0 Å². The van der Waals surface area contributed by atoms with Gasteiger partial charge in [0.25, 0.3) is 5.56 Å². The van der Waals surface area contributed by atoms with Gasteiger partial charge in [0.1, 0.15) is 11.0 Å². The minimum absolute atomic E-state index is 0.209. The molecule has 0 fully saturated rings. The van der Waals surface area contributed by atoms with Gasteiger partial charge >= 0.3 is 5.97 Å². The van der Waals surface area contributed by atoms with Crippen molar-refractivity contribution >= 4 is 39.1 Å². The molecule has 1 aliphatic carbocycles. The second kappa shape index (κ2) is 9.28. The van der Waals surface area contributed by atoms with Gasteiger partial charge in [-0.2, -0.15) is 0 Å². The van der Waals surface area contributed by atoms with Crippen molar-refractivity contribution in [2.24, 2.45) is 0 Å². The number of esters is 1. The summed E-state index contributed by atoms with van der Waals surface area (Å²) < 4.78 is 6.86. The lowest BCUT2D eigenvalue weighted by Crippen LogP contribution is -2.33. The summed E-state index contributed by atoms with van der Waals surface area (Å²) in [5.74, 6) is -0.694. The third-order valence-electron chi connectivity index (χ3n) is 6.05. The van der Waals surface area contributed by atoms with E-state index in [0.717, 1.165) is 52.6 Å². The Bertz CT molecular complexity index is 1240. The largest absolute Gasteiger partial charge is 0.462 e. The van der Waals surface area contributed by atoms with Crippen LogP contribution in [-0.2, 0) is 22.4 Å². The van der Waals surface area contributed by atoms with Crippen LogP contribution in [0, 0.1) is 6.92 Å². The Balaban J connectivity index is 1.75. The van der Waals surface area contributed by atoms with Crippen LogP contribution in [0.1, 0.15) is 65.5 Å². The third kappa shape index (κ3) is 3.97. The van der Waals surface area contributed by atoms with Gasteiger partial charge in [0.05, 0.1) is 17.7 Å². The van der Waals surface area contributed by atoms with Gasteiger partial charge < -0.3 is 10.1 Å². The Labute approximate surface area is 191 Å². The van der Waals surface area contributed by atoms with E-state index in [1.807, 2.05) is 38.1 Å². The highest BCUT2D eigenvalue weighted by atomic mass is 32.1. The number of anilines is 1. The summed E-state index contributed by atoms with van der Waals surface area (Å²) in [6.45, 7) is 5.84. The number of thiophene rings is 1. The van der Waals surface area contributed by atoms with Gasteiger partial charge in [-0.15, -0.1) is 11.3 Å². The highest BCUT2D eigenvalue weighted by Gasteiger charge is 2.29. The maximum Gasteiger partial charge on any atom is 0.341 e. The first-order valence-corrected chi connectivity index (χ1v) is 12.0. The average Bonchev–Trinajstić information content (AvgIpc) is 3.14. The molecule has 0 radical (unpaired) electrons. The zero-order valence-electron chi connectivity index (χ0n) is 18.7. The van der Waals surface area contributed by atoms with Gasteiger partial charge in [0, 0.05) is 16.3 Å². The Morgan fingerprint density at radius 2 is 1.94 bits per heavy atom. The molecular weight excluding hydrogens is 424 g/mol. The van der Waals surface area contributed by atoms with Crippen molar-refractivity contribution in [2.45, 2.75) is 58.9 Å². The fraction of sp³-hybridized carbons (Fsp3) is 0.400. The van der Waals surface area contributed by atoms with Crippen LogP contribution in [0.5, 0.6) is 0 Å². The van der Waals surface area contributed by atoms with E-state index in [0.29, 0.717) is 17.0 Å². The van der Waals surface area contributed by atoms with Crippen molar-refractivity contribution in [3.05, 3.63) is 62.3 Å². The highest BCUT2D eigenvalue weighted by molar-refractivity contribution is 7.17. The molecular formula is C25H28N2O4S. The van der Waals surface area contributed by atoms with Crippen molar-refractivity contribution in [1.82, 2.24) is 4.57 Å². The van der Waals surface area contributed by atoms with Crippen LogP contribution in [0.25, 0.3) is 10.9 Å². The minimum Gasteiger partial charge on any atom is -0.462 e. The van der Waals surface area contributed by atoms with Crippen molar-refractivity contribution < 1.29 is 14.3 Å².